The van der Waals surface area contributed by atoms with Crippen molar-refractivity contribution < 1.29 is 19.5 Å². The molecule has 0 heterocycles. The monoisotopic (exact) mass is 316 g/mol. The fourth-order valence-corrected chi connectivity index (χ4v) is 2.21. The number of aliphatic hydroxyl groups excluding tert-OH is 1. The summed E-state index contributed by atoms with van der Waals surface area (Å²) in [7, 11) is -0.672. The summed E-state index contributed by atoms with van der Waals surface area (Å²) in [6, 6.07) is 13.9. The smallest absolute Gasteiger partial charge is 0.405 e. The van der Waals surface area contributed by atoms with Crippen molar-refractivity contribution in [2.24, 2.45) is 0 Å². The van der Waals surface area contributed by atoms with E-state index in [1.54, 1.807) is 13.8 Å². The number of benzene rings is 2. The van der Waals surface area contributed by atoms with Crippen LogP contribution in [0.15, 0.2) is 42.5 Å². The second-order valence-corrected chi connectivity index (χ2v) is 6.68. The van der Waals surface area contributed by atoms with Gasteiger partial charge in [0.25, 0.3) is 0 Å². The van der Waals surface area contributed by atoms with E-state index in [-0.39, 0.29) is 13.2 Å². The largest absolute Gasteiger partial charge is 0.495 e. The van der Waals surface area contributed by atoms with Gasteiger partial charge in [-0.15, -0.1) is 0 Å². The highest BCUT2D eigenvalue weighted by atomic mass is 16.6. The normalized spacial score (nSPS) is 12.6. The Morgan fingerprint density at radius 1 is 1.00 bits per heavy atom. The molecule has 23 heavy (non-hydrogen) atoms. The lowest BCUT2D eigenvalue weighted by atomic mass is 9.73. The van der Waals surface area contributed by atoms with Crippen LogP contribution in [0.5, 0.6) is 0 Å². The Morgan fingerprint density at radius 3 is 2.30 bits per heavy atom. The molecule has 2 aromatic carbocycles. The maximum atomic E-state index is 10.3. The van der Waals surface area contributed by atoms with E-state index in [9.17, 15) is 5.11 Å². The molecule has 0 aromatic heterocycles. The van der Waals surface area contributed by atoms with Crippen LogP contribution in [-0.4, -0.2) is 41.7 Å². The Morgan fingerprint density at radius 2 is 1.65 bits per heavy atom. The molecule has 2 rings (SSSR count). The van der Waals surface area contributed by atoms with Crippen LogP contribution in [0.1, 0.15) is 27.7 Å². The molecule has 0 saturated carbocycles. The van der Waals surface area contributed by atoms with Crippen molar-refractivity contribution in [1.82, 2.24) is 0 Å². The highest BCUT2D eigenvalue weighted by molar-refractivity contribution is 6.64. The Labute approximate surface area is 138 Å². The Balaban J connectivity index is 2.41. The standard InChI is InChI=1S/C18H25BO4/c1-17(2,21)18(3,4)23-19(22-13-12-20)16-11-7-9-14-8-5-6-10-15(14)16/h5-11,20-21H,12-13H2,1-4H3. The Kier molecular flexibility index (Phi) is 5.47. The fourth-order valence-electron chi connectivity index (χ4n) is 2.21. The lowest BCUT2D eigenvalue weighted by molar-refractivity contribution is -0.101. The summed E-state index contributed by atoms with van der Waals surface area (Å²) in [5.74, 6) is 0. The first kappa shape index (κ1) is 18.0. The first-order valence-corrected chi connectivity index (χ1v) is 7.86. The summed E-state index contributed by atoms with van der Waals surface area (Å²) in [4.78, 5) is 0. The van der Waals surface area contributed by atoms with E-state index in [0.717, 1.165) is 16.2 Å². The molecule has 2 aromatic rings. The molecule has 5 heteroatoms. The lowest BCUT2D eigenvalue weighted by Gasteiger charge is -2.39. The van der Waals surface area contributed by atoms with Gasteiger partial charge in [-0.3, -0.25) is 0 Å². The van der Waals surface area contributed by atoms with Gasteiger partial charge in [-0.2, -0.15) is 0 Å². The van der Waals surface area contributed by atoms with E-state index in [2.05, 4.69) is 0 Å². The molecule has 0 unspecified atom stereocenters. The van der Waals surface area contributed by atoms with Crippen LogP contribution in [0.3, 0.4) is 0 Å². The van der Waals surface area contributed by atoms with Crippen LogP contribution in [0.2, 0.25) is 0 Å². The number of hydrogen-bond donors (Lipinski definition) is 2. The van der Waals surface area contributed by atoms with Crippen molar-refractivity contribution in [2.45, 2.75) is 38.9 Å². The minimum Gasteiger partial charge on any atom is -0.405 e. The van der Waals surface area contributed by atoms with Crippen LogP contribution in [0, 0.1) is 0 Å². The van der Waals surface area contributed by atoms with E-state index in [4.69, 9.17) is 14.4 Å². The van der Waals surface area contributed by atoms with E-state index >= 15 is 0 Å². The molecule has 0 fully saturated rings. The van der Waals surface area contributed by atoms with Crippen molar-refractivity contribution in [3.8, 4) is 0 Å². The second kappa shape index (κ2) is 7.01. The van der Waals surface area contributed by atoms with Crippen molar-refractivity contribution in [3.63, 3.8) is 0 Å². The van der Waals surface area contributed by atoms with Crippen molar-refractivity contribution in [2.75, 3.05) is 13.2 Å². The fraction of sp³-hybridized carbons (Fsp3) is 0.444. The average Bonchev–Trinajstić information content (AvgIpc) is 2.49. The molecule has 0 aliphatic heterocycles. The summed E-state index contributed by atoms with van der Waals surface area (Å²) in [6.45, 7) is 7.14. The first-order chi connectivity index (χ1) is 10.8. The van der Waals surface area contributed by atoms with Crippen LogP contribution in [0.4, 0.5) is 0 Å². The van der Waals surface area contributed by atoms with E-state index in [1.807, 2.05) is 56.3 Å². The van der Waals surface area contributed by atoms with Gasteiger partial charge in [0.15, 0.2) is 0 Å². The van der Waals surface area contributed by atoms with Crippen LogP contribution >= 0.6 is 0 Å². The molecule has 0 bridgehead atoms. The highest BCUT2D eigenvalue weighted by Gasteiger charge is 2.41. The second-order valence-electron chi connectivity index (χ2n) is 6.68. The zero-order chi connectivity index (χ0) is 17.1. The third-order valence-corrected chi connectivity index (χ3v) is 4.31. The van der Waals surface area contributed by atoms with E-state index in [0.29, 0.717) is 0 Å². The molecule has 0 spiro atoms. The van der Waals surface area contributed by atoms with Gasteiger partial charge in [0, 0.05) is 0 Å². The molecule has 0 amide bonds. The third-order valence-electron chi connectivity index (χ3n) is 4.31. The van der Waals surface area contributed by atoms with Gasteiger partial charge in [0.2, 0.25) is 0 Å². The summed E-state index contributed by atoms with van der Waals surface area (Å²) in [5, 5.41) is 21.6. The van der Waals surface area contributed by atoms with Crippen molar-refractivity contribution in [3.05, 3.63) is 42.5 Å². The zero-order valence-corrected chi connectivity index (χ0v) is 14.2. The summed E-state index contributed by atoms with van der Waals surface area (Å²) in [5.41, 5.74) is -0.989. The molecule has 2 N–H and O–H groups in total. The van der Waals surface area contributed by atoms with E-state index < -0.39 is 18.3 Å². The van der Waals surface area contributed by atoms with Gasteiger partial charge in [-0.1, -0.05) is 42.5 Å². The minimum atomic E-state index is -1.04. The van der Waals surface area contributed by atoms with Gasteiger partial charge >= 0.3 is 7.12 Å². The number of aliphatic hydroxyl groups is 2. The molecule has 0 atom stereocenters. The van der Waals surface area contributed by atoms with Gasteiger partial charge in [0.1, 0.15) is 0 Å². The maximum Gasteiger partial charge on any atom is 0.495 e. The van der Waals surface area contributed by atoms with Gasteiger partial charge in [-0.25, -0.2) is 0 Å². The third kappa shape index (κ3) is 4.12. The van der Waals surface area contributed by atoms with Crippen molar-refractivity contribution in [1.29, 1.82) is 0 Å². The lowest BCUT2D eigenvalue weighted by Crippen LogP contribution is -2.54. The van der Waals surface area contributed by atoms with Gasteiger partial charge in [-0.05, 0) is 43.9 Å². The number of hydrogen-bond acceptors (Lipinski definition) is 4. The first-order valence-electron chi connectivity index (χ1n) is 7.86. The molecule has 4 nitrogen and oxygen atoms in total. The van der Waals surface area contributed by atoms with Crippen molar-refractivity contribution >= 4 is 23.4 Å². The predicted molar refractivity (Wildman–Crippen MR) is 93.8 cm³/mol. The summed E-state index contributed by atoms with van der Waals surface area (Å²) >= 11 is 0. The van der Waals surface area contributed by atoms with Crippen LogP contribution in [-0.2, 0) is 9.31 Å². The highest BCUT2D eigenvalue weighted by Crippen LogP contribution is 2.26. The van der Waals surface area contributed by atoms with Crippen LogP contribution in [0.25, 0.3) is 10.8 Å². The Bertz CT molecular complexity index is 644. The molecule has 0 aliphatic carbocycles. The topological polar surface area (TPSA) is 58.9 Å². The molecule has 0 saturated heterocycles. The summed E-state index contributed by atoms with van der Waals surface area (Å²) in [6.07, 6.45) is 0. The molecular weight excluding hydrogens is 291 g/mol. The number of fused-ring (bicyclic) bond motifs is 1. The maximum absolute atomic E-state index is 10.3. The van der Waals surface area contributed by atoms with Gasteiger partial charge in [0.05, 0.1) is 24.4 Å². The number of rotatable bonds is 7. The molecule has 0 radical (unpaired) electrons. The average molecular weight is 316 g/mol. The Hall–Kier alpha value is -1.40. The molecule has 0 aliphatic rings. The quantitative estimate of drug-likeness (QED) is 0.768. The summed E-state index contributed by atoms with van der Waals surface area (Å²) < 4.78 is 11.8. The van der Waals surface area contributed by atoms with Crippen LogP contribution < -0.4 is 5.46 Å². The predicted octanol–water partition coefficient (Wildman–Crippen LogP) is 2.11. The SMILES string of the molecule is CC(C)(O)C(C)(C)OB(OCCO)c1cccc2ccccc12. The molecule has 124 valence electrons. The zero-order valence-electron chi connectivity index (χ0n) is 14.2. The molecular formula is C18H25BO4. The van der Waals surface area contributed by atoms with E-state index in [1.165, 1.54) is 0 Å². The van der Waals surface area contributed by atoms with Gasteiger partial charge < -0.3 is 19.5 Å². The minimum absolute atomic E-state index is 0.0897.